The summed E-state index contributed by atoms with van der Waals surface area (Å²) in [5.41, 5.74) is 1.43. The van der Waals surface area contributed by atoms with Crippen molar-refractivity contribution in [1.29, 1.82) is 0 Å². The van der Waals surface area contributed by atoms with Crippen LogP contribution in [0.4, 0.5) is 0 Å². The largest absolute Gasteiger partial charge is 0.493 e. The summed E-state index contributed by atoms with van der Waals surface area (Å²) in [5, 5.41) is 2.65. The minimum Gasteiger partial charge on any atom is -0.493 e. The summed E-state index contributed by atoms with van der Waals surface area (Å²) in [6.45, 7) is 2.29. The Bertz CT molecular complexity index is 766. The number of rotatable bonds is 5. The molecule has 1 fully saturated rings. The molecule has 1 aliphatic carbocycles. The first kappa shape index (κ1) is 18.7. The van der Waals surface area contributed by atoms with Gasteiger partial charge >= 0.3 is 0 Å². The second kappa shape index (κ2) is 8.08. The van der Waals surface area contributed by atoms with Crippen LogP contribution in [0.15, 0.2) is 23.6 Å². The normalized spacial score (nSPS) is 19.8. The third-order valence-electron chi connectivity index (χ3n) is 5.21. The Morgan fingerprint density at radius 1 is 1.15 bits per heavy atom. The Labute approximate surface area is 159 Å². The molecular weight excluding hydrogens is 348 g/mol. The van der Waals surface area contributed by atoms with Crippen molar-refractivity contribution in [3.8, 4) is 22.1 Å². The predicted molar refractivity (Wildman–Crippen MR) is 104 cm³/mol. The first-order chi connectivity index (χ1) is 12.5. The van der Waals surface area contributed by atoms with Gasteiger partial charge in [0.2, 0.25) is 0 Å². The van der Waals surface area contributed by atoms with Gasteiger partial charge in [0, 0.05) is 24.0 Å². The minimum atomic E-state index is 0.00697. The first-order valence-electron chi connectivity index (χ1n) is 8.98. The average Bonchev–Trinajstić information content (AvgIpc) is 3.17. The van der Waals surface area contributed by atoms with Gasteiger partial charge in [0.1, 0.15) is 10.7 Å². The second-order valence-electron chi connectivity index (χ2n) is 6.94. The van der Waals surface area contributed by atoms with E-state index in [2.05, 4.69) is 11.9 Å². The molecule has 26 heavy (non-hydrogen) atoms. The summed E-state index contributed by atoms with van der Waals surface area (Å²) in [5.74, 6) is 2.11. The van der Waals surface area contributed by atoms with E-state index in [0.29, 0.717) is 23.2 Å². The number of nitrogens with zero attached hydrogens (tertiary/aromatic N) is 2. The Hall–Kier alpha value is -2.08. The molecule has 0 spiro atoms. The predicted octanol–water partition coefficient (Wildman–Crippen LogP) is 4.48. The molecule has 1 heterocycles. The molecule has 0 bridgehead atoms. The van der Waals surface area contributed by atoms with Crippen LogP contribution < -0.4 is 9.47 Å². The molecule has 140 valence electrons. The van der Waals surface area contributed by atoms with Gasteiger partial charge in [0.15, 0.2) is 11.5 Å². The fourth-order valence-electron chi connectivity index (χ4n) is 3.45. The molecular formula is C20H26N2O3S. The number of benzene rings is 1. The molecule has 0 aliphatic heterocycles. The van der Waals surface area contributed by atoms with Crippen LogP contribution in [-0.2, 0) is 0 Å². The lowest BCUT2D eigenvalue weighted by molar-refractivity contribution is 0.0674. The van der Waals surface area contributed by atoms with E-state index < -0.39 is 0 Å². The molecule has 3 rings (SSSR count). The maximum Gasteiger partial charge on any atom is 0.273 e. The third kappa shape index (κ3) is 3.85. The molecule has 1 aromatic carbocycles. The van der Waals surface area contributed by atoms with Crippen LogP contribution in [0.5, 0.6) is 11.5 Å². The molecule has 5 nitrogen and oxygen atoms in total. The number of carbonyl (C=O) groups is 1. The van der Waals surface area contributed by atoms with E-state index in [1.165, 1.54) is 24.2 Å². The molecule has 2 aromatic rings. The summed E-state index contributed by atoms with van der Waals surface area (Å²) < 4.78 is 10.6. The van der Waals surface area contributed by atoms with Gasteiger partial charge in [-0.15, -0.1) is 11.3 Å². The van der Waals surface area contributed by atoms with Gasteiger partial charge in [-0.3, -0.25) is 4.79 Å². The maximum atomic E-state index is 12.8. The van der Waals surface area contributed by atoms with E-state index in [4.69, 9.17) is 9.47 Å². The topological polar surface area (TPSA) is 51.7 Å². The average molecular weight is 375 g/mol. The van der Waals surface area contributed by atoms with Crippen LogP contribution >= 0.6 is 11.3 Å². The fourth-order valence-corrected chi connectivity index (χ4v) is 4.24. The number of hydrogen-bond acceptors (Lipinski definition) is 5. The number of amides is 1. The lowest BCUT2D eigenvalue weighted by atomic mass is 9.87. The van der Waals surface area contributed by atoms with Gasteiger partial charge in [0.05, 0.1) is 14.2 Å². The molecule has 0 unspecified atom stereocenters. The van der Waals surface area contributed by atoms with Crippen molar-refractivity contribution in [1.82, 2.24) is 9.88 Å². The molecule has 1 saturated carbocycles. The zero-order valence-corrected chi connectivity index (χ0v) is 16.6. The third-order valence-corrected chi connectivity index (χ3v) is 6.10. The summed E-state index contributed by atoms with van der Waals surface area (Å²) in [7, 11) is 5.12. The van der Waals surface area contributed by atoms with E-state index in [9.17, 15) is 4.79 Å². The lowest BCUT2D eigenvalue weighted by Crippen LogP contribution is -2.39. The van der Waals surface area contributed by atoms with Crippen LogP contribution in [-0.4, -0.2) is 43.1 Å². The highest BCUT2D eigenvalue weighted by molar-refractivity contribution is 7.13. The van der Waals surface area contributed by atoms with Crippen LogP contribution in [0.1, 0.15) is 43.1 Å². The maximum absolute atomic E-state index is 12.8. The Morgan fingerprint density at radius 3 is 2.50 bits per heavy atom. The highest BCUT2D eigenvalue weighted by Gasteiger charge is 2.26. The Balaban J connectivity index is 1.76. The Morgan fingerprint density at radius 2 is 1.85 bits per heavy atom. The summed E-state index contributed by atoms with van der Waals surface area (Å²) >= 11 is 1.47. The highest BCUT2D eigenvalue weighted by Crippen LogP contribution is 2.34. The molecule has 1 aromatic heterocycles. The quantitative estimate of drug-likeness (QED) is 0.774. The van der Waals surface area contributed by atoms with Crippen LogP contribution in [0, 0.1) is 5.92 Å². The van der Waals surface area contributed by atoms with E-state index in [1.54, 1.807) is 14.2 Å². The number of carbonyl (C=O) groups excluding carboxylic acids is 1. The van der Waals surface area contributed by atoms with Crippen molar-refractivity contribution < 1.29 is 14.3 Å². The highest BCUT2D eigenvalue weighted by atomic mass is 32.1. The standard InChI is InChI=1S/C20H26N2O3S/c1-13-5-8-15(9-6-13)22(2)20(23)16-12-26-19(21-16)14-7-10-17(24-3)18(11-14)25-4/h7,10-13,15H,5-6,8-9H2,1-4H3. The van der Waals surface area contributed by atoms with Crippen molar-refractivity contribution in [2.75, 3.05) is 21.3 Å². The summed E-state index contributed by atoms with van der Waals surface area (Å²) in [4.78, 5) is 19.3. The van der Waals surface area contributed by atoms with Gasteiger partial charge in [-0.05, 0) is 49.8 Å². The molecule has 6 heteroatoms. The van der Waals surface area contributed by atoms with Crippen LogP contribution in [0.3, 0.4) is 0 Å². The van der Waals surface area contributed by atoms with Crippen molar-refractivity contribution in [2.45, 2.75) is 38.6 Å². The SMILES string of the molecule is COc1ccc(-c2nc(C(=O)N(C)C3CCC(C)CC3)cs2)cc1OC. The van der Waals surface area contributed by atoms with Gasteiger partial charge < -0.3 is 14.4 Å². The second-order valence-corrected chi connectivity index (χ2v) is 7.80. The first-order valence-corrected chi connectivity index (χ1v) is 9.86. The smallest absolute Gasteiger partial charge is 0.273 e. The lowest BCUT2D eigenvalue weighted by Gasteiger charge is -2.33. The number of thiazole rings is 1. The molecule has 0 N–H and O–H groups in total. The van der Waals surface area contributed by atoms with Crippen LogP contribution in [0.25, 0.3) is 10.6 Å². The van der Waals surface area contributed by atoms with Gasteiger partial charge in [-0.25, -0.2) is 4.98 Å². The van der Waals surface area contributed by atoms with Crippen molar-refractivity contribution >= 4 is 17.2 Å². The molecule has 1 amide bonds. The molecule has 0 radical (unpaired) electrons. The van der Waals surface area contributed by atoms with Gasteiger partial charge in [-0.2, -0.15) is 0 Å². The Kier molecular flexibility index (Phi) is 5.81. The fraction of sp³-hybridized carbons (Fsp3) is 0.500. The monoisotopic (exact) mass is 374 g/mol. The van der Waals surface area contributed by atoms with Gasteiger partial charge in [0.25, 0.3) is 5.91 Å². The molecule has 0 atom stereocenters. The molecule has 0 saturated heterocycles. The van der Waals surface area contributed by atoms with Crippen molar-refractivity contribution in [3.05, 3.63) is 29.3 Å². The van der Waals surface area contributed by atoms with E-state index in [-0.39, 0.29) is 5.91 Å². The summed E-state index contributed by atoms with van der Waals surface area (Å²) in [6, 6.07) is 6.00. The number of ether oxygens (including phenoxy) is 2. The van der Waals surface area contributed by atoms with E-state index in [0.717, 1.165) is 29.3 Å². The summed E-state index contributed by atoms with van der Waals surface area (Å²) in [6.07, 6.45) is 4.54. The zero-order valence-electron chi connectivity index (χ0n) is 15.8. The van der Waals surface area contributed by atoms with E-state index in [1.807, 2.05) is 35.5 Å². The van der Waals surface area contributed by atoms with Crippen LogP contribution in [0.2, 0.25) is 0 Å². The number of hydrogen-bond donors (Lipinski definition) is 0. The van der Waals surface area contributed by atoms with Gasteiger partial charge in [-0.1, -0.05) is 6.92 Å². The van der Waals surface area contributed by atoms with Crippen molar-refractivity contribution in [3.63, 3.8) is 0 Å². The number of methoxy groups -OCH3 is 2. The number of aromatic nitrogens is 1. The van der Waals surface area contributed by atoms with Crippen molar-refractivity contribution in [2.24, 2.45) is 5.92 Å². The minimum absolute atomic E-state index is 0.00697. The molecule has 1 aliphatic rings. The zero-order chi connectivity index (χ0) is 18.7. The van der Waals surface area contributed by atoms with E-state index >= 15 is 0 Å².